The molecule has 20 heavy (non-hydrogen) atoms. The Bertz CT molecular complexity index is 625. The van der Waals surface area contributed by atoms with Gasteiger partial charge in [-0.25, -0.2) is 0 Å². The highest BCUT2D eigenvalue weighted by atomic mass is 35.5. The number of hydrogen-bond donors (Lipinski definition) is 1. The molecule has 0 radical (unpaired) electrons. The number of rotatable bonds is 4. The predicted octanol–water partition coefficient (Wildman–Crippen LogP) is 4.45. The molecule has 1 atom stereocenters. The molecule has 1 heterocycles. The topological polar surface area (TPSA) is 38.0 Å². The Morgan fingerprint density at radius 2 is 2.00 bits per heavy atom. The zero-order valence-corrected chi connectivity index (χ0v) is 13.5. The van der Waals surface area contributed by atoms with E-state index in [-0.39, 0.29) is 0 Å². The molecule has 6 heteroatoms. The average Bonchev–Trinajstić information content (AvgIpc) is 2.69. The number of nitrogens with zero attached hydrogens (tertiary/aromatic N) is 2. The first-order valence-electron chi connectivity index (χ1n) is 6.28. The van der Waals surface area contributed by atoms with Crippen LogP contribution in [0.15, 0.2) is 18.2 Å². The predicted molar refractivity (Wildman–Crippen MR) is 82.8 cm³/mol. The minimum Gasteiger partial charge on any atom is -0.388 e. The lowest BCUT2D eigenvalue weighted by Gasteiger charge is -2.14. The van der Waals surface area contributed by atoms with Crippen LogP contribution in [0.5, 0.6) is 0 Å². The first-order valence-corrected chi connectivity index (χ1v) is 7.42. The van der Waals surface area contributed by atoms with E-state index in [1.807, 2.05) is 13.8 Å². The van der Waals surface area contributed by atoms with Gasteiger partial charge >= 0.3 is 0 Å². The molecule has 3 nitrogen and oxygen atoms in total. The molecule has 108 valence electrons. The maximum Gasteiger partial charge on any atom is 0.0860 e. The Morgan fingerprint density at radius 1 is 1.30 bits per heavy atom. The minimum atomic E-state index is -0.778. The van der Waals surface area contributed by atoms with Crippen molar-refractivity contribution in [2.24, 2.45) is 0 Å². The Kier molecular flexibility index (Phi) is 4.97. The monoisotopic (exact) mass is 332 g/mol. The van der Waals surface area contributed by atoms with E-state index in [2.05, 4.69) is 5.10 Å². The molecule has 1 aromatic carbocycles. The largest absolute Gasteiger partial charge is 0.388 e. The number of hydrogen-bond acceptors (Lipinski definition) is 2. The van der Waals surface area contributed by atoms with Crippen LogP contribution < -0.4 is 0 Å². The summed E-state index contributed by atoms with van der Waals surface area (Å²) in [5.74, 6) is 0. The highest BCUT2D eigenvalue weighted by molar-refractivity contribution is 6.33. The van der Waals surface area contributed by atoms with Crippen molar-refractivity contribution in [3.63, 3.8) is 0 Å². The summed E-state index contributed by atoms with van der Waals surface area (Å²) in [6.07, 6.45) is -0.437. The standard InChI is InChI=1S/C14H15Cl3N2O/c1-3-19-12(14(17)8(2)18-19)7-13(20)10-6-9(15)4-5-11(10)16/h4-6,13,20H,3,7H2,1-2H3. The summed E-state index contributed by atoms with van der Waals surface area (Å²) in [5, 5.41) is 16.3. The molecule has 0 aliphatic heterocycles. The second-order valence-corrected chi connectivity index (χ2v) is 5.77. The molecule has 1 N–H and O–H groups in total. The summed E-state index contributed by atoms with van der Waals surface area (Å²) in [4.78, 5) is 0. The van der Waals surface area contributed by atoms with Crippen molar-refractivity contribution in [2.75, 3.05) is 0 Å². The molecule has 0 aliphatic carbocycles. The maximum absolute atomic E-state index is 10.4. The van der Waals surface area contributed by atoms with Gasteiger partial charge in [0.15, 0.2) is 0 Å². The minimum absolute atomic E-state index is 0.341. The van der Waals surface area contributed by atoms with Crippen molar-refractivity contribution in [3.05, 3.63) is 50.2 Å². The van der Waals surface area contributed by atoms with Crippen molar-refractivity contribution < 1.29 is 5.11 Å². The molecule has 0 fully saturated rings. The molecule has 1 aromatic heterocycles. The van der Waals surface area contributed by atoms with Crippen LogP contribution in [0, 0.1) is 6.92 Å². The summed E-state index contributed by atoms with van der Waals surface area (Å²) in [7, 11) is 0. The van der Waals surface area contributed by atoms with Crippen LogP contribution in [0.3, 0.4) is 0 Å². The lowest BCUT2D eigenvalue weighted by atomic mass is 10.0. The van der Waals surface area contributed by atoms with E-state index in [0.29, 0.717) is 33.6 Å². The zero-order chi connectivity index (χ0) is 14.9. The van der Waals surface area contributed by atoms with Gasteiger partial charge in [-0.1, -0.05) is 34.8 Å². The fraction of sp³-hybridized carbons (Fsp3) is 0.357. The average molecular weight is 334 g/mol. The van der Waals surface area contributed by atoms with Gasteiger partial charge in [-0.3, -0.25) is 4.68 Å². The van der Waals surface area contributed by atoms with Crippen molar-refractivity contribution in [1.29, 1.82) is 0 Å². The van der Waals surface area contributed by atoms with Crippen LogP contribution >= 0.6 is 34.8 Å². The molecular weight excluding hydrogens is 319 g/mol. The third kappa shape index (κ3) is 3.12. The van der Waals surface area contributed by atoms with Crippen LogP contribution in [-0.2, 0) is 13.0 Å². The van der Waals surface area contributed by atoms with Crippen LogP contribution in [0.1, 0.15) is 30.0 Å². The Balaban J connectivity index is 2.32. The van der Waals surface area contributed by atoms with E-state index in [0.717, 1.165) is 11.4 Å². The normalized spacial score (nSPS) is 12.7. The summed E-state index contributed by atoms with van der Waals surface area (Å²) in [6, 6.07) is 5.03. The molecule has 0 aliphatic rings. The van der Waals surface area contributed by atoms with Crippen LogP contribution in [0.4, 0.5) is 0 Å². The van der Waals surface area contributed by atoms with Gasteiger partial charge in [0, 0.05) is 28.6 Å². The second-order valence-electron chi connectivity index (χ2n) is 4.55. The zero-order valence-electron chi connectivity index (χ0n) is 11.2. The molecule has 0 amide bonds. The van der Waals surface area contributed by atoms with Gasteiger partial charge in [0.1, 0.15) is 0 Å². The van der Waals surface area contributed by atoms with Gasteiger partial charge in [0.05, 0.1) is 22.5 Å². The highest BCUT2D eigenvalue weighted by Crippen LogP contribution is 2.31. The summed E-state index contributed by atoms with van der Waals surface area (Å²) >= 11 is 18.3. The van der Waals surface area contributed by atoms with Gasteiger partial charge in [-0.15, -0.1) is 0 Å². The molecular formula is C14H15Cl3N2O. The smallest absolute Gasteiger partial charge is 0.0860 e. The van der Waals surface area contributed by atoms with Crippen molar-refractivity contribution >= 4 is 34.8 Å². The van der Waals surface area contributed by atoms with E-state index in [4.69, 9.17) is 34.8 Å². The summed E-state index contributed by atoms with van der Waals surface area (Å²) in [5.41, 5.74) is 2.15. The highest BCUT2D eigenvalue weighted by Gasteiger charge is 2.19. The second kappa shape index (κ2) is 6.35. The van der Waals surface area contributed by atoms with E-state index in [1.54, 1.807) is 22.9 Å². The lowest BCUT2D eigenvalue weighted by Crippen LogP contribution is -2.09. The summed E-state index contributed by atoms with van der Waals surface area (Å²) in [6.45, 7) is 4.51. The number of aryl methyl sites for hydroxylation is 2. The maximum atomic E-state index is 10.4. The van der Waals surface area contributed by atoms with Crippen molar-refractivity contribution in [3.8, 4) is 0 Å². The van der Waals surface area contributed by atoms with E-state index in [9.17, 15) is 5.11 Å². The van der Waals surface area contributed by atoms with Crippen molar-refractivity contribution in [1.82, 2.24) is 9.78 Å². The lowest BCUT2D eigenvalue weighted by molar-refractivity contribution is 0.175. The van der Waals surface area contributed by atoms with Crippen LogP contribution in [0.2, 0.25) is 15.1 Å². The fourth-order valence-corrected chi connectivity index (χ4v) is 2.76. The Labute approximate surface area is 133 Å². The first-order chi connectivity index (χ1) is 9.43. The number of aliphatic hydroxyl groups is 1. The first kappa shape index (κ1) is 15.6. The molecule has 0 saturated carbocycles. The van der Waals surface area contributed by atoms with Crippen molar-refractivity contribution in [2.45, 2.75) is 32.9 Å². The quantitative estimate of drug-likeness (QED) is 0.897. The van der Waals surface area contributed by atoms with Gasteiger partial charge in [-0.05, 0) is 32.0 Å². The third-order valence-electron chi connectivity index (χ3n) is 3.16. The fourth-order valence-electron chi connectivity index (χ4n) is 2.13. The molecule has 1 unspecified atom stereocenters. The van der Waals surface area contributed by atoms with E-state index in [1.165, 1.54) is 0 Å². The Morgan fingerprint density at radius 3 is 2.65 bits per heavy atom. The third-order valence-corrected chi connectivity index (χ3v) is 4.23. The molecule has 2 aromatic rings. The molecule has 2 rings (SSSR count). The summed E-state index contributed by atoms with van der Waals surface area (Å²) < 4.78 is 1.79. The van der Waals surface area contributed by atoms with Crippen LogP contribution in [-0.4, -0.2) is 14.9 Å². The SMILES string of the molecule is CCn1nc(C)c(Cl)c1CC(O)c1cc(Cl)ccc1Cl. The number of halogens is 3. The van der Waals surface area contributed by atoms with E-state index >= 15 is 0 Å². The van der Waals surface area contributed by atoms with E-state index < -0.39 is 6.10 Å². The molecule has 0 saturated heterocycles. The molecule has 0 bridgehead atoms. The van der Waals surface area contributed by atoms with Gasteiger partial charge in [0.2, 0.25) is 0 Å². The van der Waals surface area contributed by atoms with Gasteiger partial charge in [-0.2, -0.15) is 5.10 Å². The van der Waals surface area contributed by atoms with Gasteiger partial charge in [0.25, 0.3) is 0 Å². The van der Waals surface area contributed by atoms with Gasteiger partial charge < -0.3 is 5.11 Å². The number of aromatic nitrogens is 2. The molecule has 0 spiro atoms. The number of benzene rings is 1. The Hall–Kier alpha value is -0.740. The number of aliphatic hydroxyl groups excluding tert-OH is 1. The van der Waals surface area contributed by atoms with Crippen LogP contribution in [0.25, 0.3) is 0 Å².